The van der Waals surface area contributed by atoms with Crippen molar-refractivity contribution in [3.63, 3.8) is 0 Å². The highest BCUT2D eigenvalue weighted by atomic mass is 15.4. The molecular weight excluding hydrogens is 186 g/mol. The second-order valence-electron chi connectivity index (χ2n) is 3.53. The van der Waals surface area contributed by atoms with Crippen molar-refractivity contribution in [3.8, 4) is 11.3 Å². The number of hydrogen-bond donors (Lipinski definition) is 0. The molecule has 3 nitrogen and oxygen atoms in total. The van der Waals surface area contributed by atoms with Crippen LogP contribution in [0, 0.1) is 13.8 Å². The van der Waals surface area contributed by atoms with Crippen LogP contribution in [0.25, 0.3) is 11.3 Å². The summed E-state index contributed by atoms with van der Waals surface area (Å²) in [6.45, 7) is 7.54. The molecule has 1 heterocycles. The van der Waals surface area contributed by atoms with Crippen molar-refractivity contribution < 1.29 is 0 Å². The molecule has 2 aromatic rings. The summed E-state index contributed by atoms with van der Waals surface area (Å²) in [6, 6.07) is 8.29. The Balaban J connectivity index is 2.49. The Bertz CT molecular complexity index is 480. The minimum absolute atomic E-state index is 0.961. The van der Waals surface area contributed by atoms with Crippen LogP contribution in [0.15, 0.2) is 35.7 Å². The third-order valence-corrected chi connectivity index (χ3v) is 2.46. The van der Waals surface area contributed by atoms with E-state index < -0.39 is 0 Å². The lowest BCUT2D eigenvalue weighted by atomic mass is 10.1. The predicted molar refractivity (Wildman–Crippen MR) is 62.1 cm³/mol. The predicted octanol–water partition coefficient (Wildman–Crippen LogP) is 2.63. The molecule has 0 saturated heterocycles. The van der Waals surface area contributed by atoms with Crippen molar-refractivity contribution in [2.75, 3.05) is 0 Å². The highest BCUT2D eigenvalue weighted by Gasteiger charge is 2.07. The van der Waals surface area contributed by atoms with Crippen molar-refractivity contribution in [2.24, 2.45) is 5.10 Å². The van der Waals surface area contributed by atoms with Crippen LogP contribution in [0.4, 0.5) is 0 Å². The van der Waals surface area contributed by atoms with E-state index in [4.69, 9.17) is 0 Å². The first kappa shape index (κ1) is 9.65. The van der Waals surface area contributed by atoms with E-state index in [1.165, 1.54) is 5.56 Å². The zero-order valence-corrected chi connectivity index (χ0v) is 8.94. The van der Waals surface area contributed by atoms with Gasteiger partial charge in [0.25, 0.3) is 0 Å². The number of rotatable bonds is 2. The summed E-state index contributed by atoms with van der Waals surface area (Å²) in [7, 11) is 0. The summed E-state index contributed by atoms with van der Waals surface area (Å²) in [6.07, 6.45) is 1.68. The van der Waals surface area contributed by atoms with Gasteiger partial charge >= 0.3 is 0 Å². The van der Waals surface area contributed by atoms with Crippen molar-refractivity contribution in [2.45, 2.75) is 13.8 Å². The quantitative estimate of drug-likeness (QED) is 0.684. The van der Waals surface area contributed by atoms with Gasteiger partial charge in [0.05, 0.1) is 11.4 Å². The molecule has 2 rings (SSSR count). The summed E-state index contributed by atoms with van der Waals surface area (Å²) in [5.74, 6) is 0. The summed E-state index contributed by atoms with van der Waals surface area (Å²) in [5, 5.41) is 3.84. The topological polar surface area (TPSA) is 30.2 Å². The molecule has 0 bridgehead atoms. The standard InChI is InChI=1S/C12H13N3/c1-9-4-6-11(7-5-9)12-10(2)15(13-3)8-14-12/h4-8H,3H2,1-2H3. The lowest BCUT2D eigenvalue weighted by Crippen LogP contribution is -1.88. The first-order valence-electron chi connectivity index (χ1n) is 4.80. The molecular formula is C12H13N3. The number of imidazole rings is 1. The fourth-order valence-electron chi connectivity index (χ4n) is 1.54. The van der Waals surface area contributed by atoms with Gasteiger partial charge in [-0.2, -0.15) is 5.10 Å². The monoisotopic (exact) mass is 199 g/mol. The molecule has 0 amide bonds. The molecule has 76 valence electrons. The molecule has 0 unspecified atom stereocenters. The van der Waals surface area contributed by atoms with Crippen LogP contribution >= 0.6 is 0 Å². The molecule has 1 aromatic carbocycles. The Morgan fingerprint density at radius 2 is 1.87 bits per heavy atom. The molecule has 1 aromatic heterocycles. The van der Waals surface area contributed by atoms with E-state index in [1.54, 1.807) is 11.0 Å². The van der Waals surface area contributed by atoms with E-state index in [9.17, 15) is 0 Å². The number of hydrogen-bond acceptors (Lipinski definition) is 2. The molecule has 0 aliphatic heterocycles. The highest BCUT2D eigenvalue weighted by Crippen LogP contribution is 2.21. The molecule has 0 spiro atoms. The van der Waals surface area contributed by atoms with Crippen molar-refractivity contribution in [1.82, 2.24) is 9.66 Å². The summed E-state index contributed by atoms with van der Waals surface area (Å²) >= 11 is 0. The van der Waals surface area contributed by atoms with Gasteiger partial charge in [-0.05, 0) is 13.8 Å². The minimum atomic E-state index is 0.961. The van der Waals surface area contributed by atoms with Crippen molar-refractivity contribution in [3.05, 3.63) is 41.9 Å². The van der Waals surface area contributed by atoms with Gasteiger partial charge in [0.1, 0.15) is 6.33 Å². The fourth-order valence-corrected chi connectivity index (χ4v) is 1.54. The van der Waals surface area contributed by atoms with Crippen LogP contribution in [0.5, 0.6) is 0 Å². The second-order valence-corrected chi connectivity index (χ2v) is 3.53. The fraction of sp³-hybridized carbons (Fsp3) is 0.167. The second kappa shape index (κ2) is 3.69. The molecule has 0 atom stereocenters. The first-order chi connectivity index (χ1) is 7.22. The first-order valence-corrected chi connectivity index (χ1v) is 4.80. The Kier molecular flexibility index (Phi) is 2.37. The largest absolute Gasteiger partial charge is 0.234 e. The van der Waals surface area contributed by atoms with Crippen LogP contribution in [0.3, 0.4) is 0 Å². The number of nitrogens with zero attached hydrogens (tertiary/aromatic N) is 3. The lowest BCUT2D eigenvalue weighted by molar-refractivity contribution is 0.850. The molecule has 0 radical (unpaired) electrons. The van der Waals surface area contributed by atoms with Gasteiger partial charge in [0, 0.05) is 12.3 Å². The zero-order valence-electron chi connectivity index (χ0n) is 8.94. The SMILES string of the molecule is C=Nn1cnc(-c2ccc(C)cc2)c1C. The normalized spacial score (nSPS) is 10.3. The number of aryl methyl sites for hydroxylation is 1. The van der Waals surface area contributed by atoms with E-state index in [0.29, 0.717) is 0 Å². The Hall–Kier alpha value is -1.90. The summed E-state index contributed by atoms with van der Waals surface area (Å²) < 4.78 is 1.68. The number of benzene rings is 1. The third kappa shape index (κ3) is 1.68. The maximum Gasteiger partial charge on any atom is 0.118 e. The average molecular weight is 199 g/mol. The van der Waals surface area contributed by atoms with Crippen LogP contribution in [-0.4, -0.2) is 16.4 Å². The van der Waals surface area contributed by atoms with E-state index in [2.05, 4.69) is 48.0 Å². The molecule has 3 heteroatoms. The van der Waals surface area contributed by atoms with Crippen molar-refractivity contribution in [1.29, 1.82) is 0 Å². The molecule has 15 heavy (non-hydrogen) atoms. The maximum absolute atomic E-state index is 4.32. The van der Waals surface area contributed by atoms with Gasteiger partial charge in [-0.3, -0.25) is 0 Å². The zero-order chi connectivity index (χ0) is 10.8. The van der Waals surface area contributed by atoms with Gasteiger partial charge in [-0.15, -0.1) is 0 Å². The van der Waals surface area contributed by atoms with E-state index in [0.717, 1.165) is 17.0 Å². The minimum Gasteiger partial charge on any atom is -0.234 e. The van der Waals surface area contributed by atoms with E-state index in [1.807, 2.05) is 6.92 Å². The van der Waals surface area contributed by atoms with E-state index >= 15 is 0 Å². The van der Waals surface area contributed by atoms with Gasteiger partial charge in [0.15, 0.2) is 0 Å². The van der Waals surface area contributed by atoms with Crippen LogP contribution in [0.1, 0.15) is 11.3 Å². The van der Waals surface area contributed by atoms with Gasteiger partial charge in [0.2, 0.25) is 0 Å². The van der Waals surface area contributed by atoms with E-state index in [-0.39, 0.29) is 0 Å². The smallest absolute Gasteiger partial charge is 0.118 e. The summed E-state index contributed by atoms with van der Waals surface area (Å²) in [4.78, 5) is 4.32. The average Bonchev–Trinajstić information content (AvgIpc) is 2.61. The lowest BCUT2D eigenvalue weighted by Gasteiger charge is -2.00. The van der Waals surface area contributed by atoms with Crippen LogP contribution in [-0.2, 0) is 0 Å². The molecule has 0 aliphatic rings. The summed E-state index contributed by atoms with van der Waals surface area (Å²) in [5.41, 5.74) is 4.33. The molecule has 0 aliphatic carbocycles. The maximum atomic E-state index is 4.32. The molecule has 0 N–H and O–H groups in total. The third-order valence-electron chi connectivity index (χ3n) is 2.46. The Labute approximate surface area is 89.1 Å². The Morgan fingerprint density at radius 1 is 1.20 bits per heavy atom. The highest BCUT2D eigenvalue weighted by molar-refractivity contribution is 5.62. The van der Waals surface area contributed by atoms with Crippen molar-refractivity contribution >= 4 is 6.72 Å². The van der Waals surface area contributed by atoms with Gasteiger partial charge in [-0.1, -0.05) is 29.8 Å². The number of aromatic nitrogens is 2. The van der Waals surface area contributed by atoms with Crippen LogP contribution < -0.4 is 0 Å². The Morgan fingerprint density at radius 3 is 2.40 bits per heavy atom. The molecule has 0 saturated carbocycles. The van der Waals surface area contributed by atoms with Crippen LogP contribution in [0.2, 0.25) is 0 Å². The van der Waals surface area contributed by atoms with Gasteiger partial charge < -0.3 is 0 Å². The molecule has 0 fully saturated rings. The van der Waals surface area contributed by atoms with Gasteiger partial charge in [-0.25, -0.2) is 9.66 Å².